The van der Waals surface area contributed by atoms with E-state index < -0.39 is 0 Å². The second kappa shape index (κ2) is 7.88. The minimum absolute atomic E-state index is 0.0208. The van der Waals surface area contributed by atoms with E-state index in [9.17, 15) is 4.79 Å². The van der Waals surface area contributed by atoms with Crippen molar-refractivity contribution in [2.75, 3.05) is 6.54 Å². The van der Waals surface area contributed by atoms with Gasteiger partial charge in [-0.25, -0.2) is 0 Å². The van der Waals surface area contributed by atoms with Crippen molar-refractivity contribution in [3.05, 3.63) is 41.5 Å². The second-order valence-electron chi connectivity index (χ2n) is 6.28. The Morgan fingerprint density at radius 3 is 2.35 bits per heavy atom. The number of nitrogens with one attached hydrogen (secondary N) is 1. The van der Waals surface area contributed by atoms with Crippen LogP contribution in [0.3, 0.4) is 0 Å². The molecule has 110 valence electrons. The molecular formula is C18H27NO. The first-order valence-electron chi connectivity index (χ1n) is 7.50. The molecule has 1 N–H and O–H groups in total. The van der Waals surface area contributed by atoms with Gasteiger partial charge in [-0.3, -0.25) is 4.79 Å². The van der Waals surface area contributed by atoms with Crippen LogP contribution in [0.15, 0.2) is 30.3 Å². The average Bonchev–Trinajstić information content (AvgIpc) is 2.41. The molecule has 1 aromatic rings. The number of benzene rings is 1. The van der Waals surface area contributed by atoms with Crippen molar-refractivity contribution in [2.45, 2.75) is 47.0 Å². The van der Waals surface area contributed by atoms with Gasteiger partial charge in [0.2, 0.25) is 0 Å². The molecule has 0 aliphatic carbocycles. The quantitative estimate of drug-likeness (QED) is 0.750. The van der Waals surface area contributed by atoms with Gasteiger partial charge in [0.05, 0.1) is 0 Å². The van der Waals surface area contributed by atoms with Crippen LogP contribution in [-0.4, -0.2) is 12.5 Å². The molecule has 0 fully saturated rings. The highest BCUT2D eigenvalue weighted by molar-refractivity contribution is 5.94. The first-order valence-corrected chi connectivity index (χ1v) is 7.50. The van der Waals surface area contributed by atoms with E-state index in [-0.39, 0.29) is 11.3 Å². The summed E-state index contributed by atoms with van der Waals surface area (Å²) in [6.45, 7) is 9.43. The molecule has 0 unspecified atom stereocenters. The predicted octanol–water partition coefficient (Wildman–Crippen LogP) is 4.67. The molecular weight excluding hydrogens is 246 g/mol. The van der Waals surface area contributed by atoms with E-state index in [2.05, 4.69) is 45.2 Å². The molecule has 20 heavy (non-hydrogen) atoms. The topological polar surface area (TPSA) is 29.1 Å². The fraction of sp³-hybridized carbons (Fsp3) is 0.500. The minimum atomic E-state index is 0.0208. The predicted molar refractivity (Wildman–Crippen MR) is 86.8 cm³/mol. The molecule has 2 heteroatoms. The molecule has 0 spiro atoms. The highest BCUT2D eigenvalue weighted by Gasteiger charge is 2.05. The molecule has 1 aromatic carbocycles. The molecule has 0 aliphatic rings. The number of rotatable bonds is 6. The Kier molecular flexibility index (Phi) is 6.50. The largest absolute Gasteiger partial charge is 0.352 e. The highest BCUT2D eigenvalue weighted by atomic mass is 16.1. The van der Waals surface area contributed by atoms with Gasteiger partial charge >= 0.3 is 0 Å². The maximum atomic E-state index is 11.9. The average molecular weight is 273 g/mol. The molecule has 0 radical (unpaired) electrons. The number of carbonyl (C=O) groups excluding carboxylic acids is 1. The highest BCUT2D eigenvalue weighted by Crippen LogP contribution is 2.17. The van der Waals surface area contributed by atoms with Crippen LogP contribution in [0.2, 0.25) is 0 Å². The van der Waals surface area contributed by atoms with Crippen LogP contribution >= 0.6 is 0 Å². The smallest absolute Gasteiger partial charge is 0.251 e. The Labute approximate surface area is 123 Å². The molecule has 1 rings (SSSR count). The normalized spacial score (nSPS) is 11.8. The van der Waals surface area contributed by atoms with Crippen LogP contribution in [0.1, 0.15) is 62.9 Å². The maximum absolute atomic E-state index is 11.9. The van der Waals surface area contributed by atoms with Gasteiger partial charge < -0.3 is 5.32 Å². The lowest BCUT2D eigenvalue weighted by Gasteiger charge is -2.11. The molecule has 0 saturated carbocycles. The third-order valence-corrected chi connectivity index (χ3v) is 3.01. The Hall–Kier alpha value is -1.57. The van der Waals surface area contributed by atoms with Gasteiger partial charge in [-0.15, -0.1) is 0 Å². The maximum Gasteiger partial charge on any atom is 0.251 e. The van der Waals surface area contributed by atoms with Crippen molar-refractivity contribution < 1.29 is 4.79 Å². The Balaban J connectivity index is 2.53. The van der Waals surface area contributed by atoms with Crippen LogP contribution in [0.4, 0.5) is 0 Å². The van der Waals surface area contributed by atoms with Crippen molar-refractivity contribution in [3.8, 4) is 0 Å². The molecule has 2 nitrogen and oxygen atoms in total. The van der Waals surface area contributed by atoms with Gasteiger partial charge in [0.15, 0.2) is 0 Å². The lowest BCUT2D eigenvalue weighted by Crippen LogP contribution is -2.24. The molecule has 0 heterocycles. The van der Waals surface area contributed by atoms with Crippen LogP contribution in [0.5, 0.6) is 0 Å². The lowest BCUT2D eigenvalue weighted by atomic mass is 9.95. The minimum Gasteiger partial charge on any atom is -0.352 e. The third-order valence-electron chi connectivity index (χ3n) is 3.01. The van der Waals surface area contributed by atoms with E-state index in [4.69, 9.17) is 0 Å². The van der Waals surface area contributed by atoms with Gasteiger partial charge in [-0.2, -0.15) is 0 Å². The summed E-state index contributed by atoms with van der Waals surface area (Å²) in [5, 5.41) is 2.95. The zero-order valence-electron chi connectivity index (χ0n) is 13.2. The van der Waals surface area contributed by atoms with Crippen LogP contribution in [-0.2, 0) is 0 Å². The summed E-state index contributed by atoms with van der Waals surface area (Å²) in [6.07, 6.45) is 7.66. The van der Waals surface area contributed by atoms with Crippen molar-refractivity contribution in [2.24, 2.45) is 5.41 Å². The van der Waals surface area contributed by atoms with E-state index >= 15 is 0 Å². The molecule has 0 aliphatic heterocycles. The number of unbranched alkanes of at least 4 members (excludes halogenated alkanes) is 2. The van der Waals surface area contributed by atoms with Crippen LogP contribution < -0.4 is 5.32 Å². The Bertz CT molecular complexity index is 437. The van der Waals surface area contributed by atoms with E-state index in [0.29, 0.717) is 0 Å². The van der Waals surface area contributed by atoms with E-state index in [1.54, 1.807) is 0 Å². The first-order chi connectivity index (χ1) is 9.42. The number of hydrogen-bond donors (Lipinski definition) is 1. The lowest BCUT2D eigenvalue weighted by molar-refractivity contribution is 0.0953. The van der Waals surface area contributed by atoms with Gasteiger partial charge in [0.25, 0.3) is 5.91 Å². The second-order valence-corrected chi connectivity index (χ2v) is 6.28. The summed E-state index contributed by atoms with van der Waals surface area (Å²) in [6, 6.07) is 7.75. The van der Waals surface area contributed by atoms with Crippen LogP contribution in [0, 0.1) is 5.41 Å². The monoisotopic (exact) mass is 273 g/mol. The van der Waals surface area contributed by atoms with Gasteiger partial charge in [0.1, 0.15) is 0 Å². The SMILES string of the molecule is CCCCCNC(=O)c1ccc(/C=C/C(C)(C)C)cc1. The zero-order valence-corrected chi connectivity index (χ0v) is 13.2. The van der Waals surface area contributed by atoms with Crippen molar-refractivity contribution >= 4 is 12.0 Å². The fourth-order valence-electron chi connectivity index (χ4n) is 1.77. The van der Waals surface area contributed by atoms with Crippen LogP contribution in [0.25, 0.3) is 6.08 Å². The standard InChI is InChI=1S/C18H27NO/c1-5-6-7-14-19-17(20)16-10-8-15(9-11-16)12-13-18(2,3)4/h8-13H,5-7,14H2,1-4H3,(H,19,20)/b13-12+. The van der Waals surface area contributed by atoms with E-state index in [0.717, 1.165) is 30.5 Å². The number of allylic oxidation sites excluding steroid dienone is 1. The Morgan fingerprint density at radius 1 is 1.15 bits per heavy atom. The van der Waals surface area contributed by atoms with Gasteiger partial charge in [-0.05, 0) is 29.5 Å². The Morgan fingerprint density at radius 2 is 1.80 bits per heavy atom. The first kappa shape index (κ1) is 16.5. The molecule has 0 bridgehead atoms. The fourth-order valence-corrected chi connectivity index (χ4v) is 1.77. The van der Waals surface area contributed by atoms with Crippen molar-refractivity contribution in [1.82, 2.24) is 5.32 Å². The summed E-state index contributed by atoms with van der Waals surface area (Å²) < 4.78 is 0. The zero-order chi connectivity index (χ0) is 15.0. The number of carbonyl (C=O) groups is 1. The molecule has 0 aromatic heterocycles. The summed E-state index contributed by atoms with van der Waals surface area (Å²) in [4.78, 5) is 11.9. The number of amides is 1. The van der Waals surface area contributed by atoms with Gasteiger partial charge in [-0.1, -0.05) is 64.8 Å². The summed E-state index contributed by atoms with van der Waals surface area (Å²) in [5.74, 6) is 0.0208. The molecule has 0 saturated heterocycles. The van der Waals surface area contributed by atoms with Crippen molar-refractivity contribution in [1.29, 1.82) is 0 Å². The van der Waals surface area contributed by atoms with Gasteiger partial charge in [0, 0.05) is 12.1 Å². The number of hydrogen-bond acceptors (Lipinski definition) is 1. The molecule has 0 atom stereocenters. The van der Waals surface area contributed by atoms with E-state index in [1.807, 2.05) is 24.3 Å². The summed E-state index contributed by atoms with van der Waals surface area (Å²) in [7, 11) is 0. The van der Waals surface area contributed by atoms with Crippen molar-refractivity contribution in [3.63, 3.8) is 0 Å². The van der Waals surface area contributed by atoms with E-state index in [1.165, 1.54) is 6.42 Å². The summed E-state index contributed by atoms with van der Waals surface area (Å²) >= 11 is 0. The molecule has 1 amide bonds. The summed E-state index contributed by atoms with van der Waals surface area (Å²) in [5.41, 5.74) is 2.03. The third kappa shape index (κ3) is 6.55.